The van der Waals surface area contributed by atoms with Gasteiger partial charge >= 0.3 is 5.97 Å². The molecule has 0 aliphatic heterocycles. The Morgan fingerprint density at radius 3 is 2.18 bits per heavy atom. The van der Waals surface area contributed by atoms with Crippen LogP contribution in [0.2, 0.25) is 0 Å². The smallest absolute Gasteiger partial charge is 0.332 e. The molecule has 1 aliphatic carbocycles. The molecule has 1 aliphatic rings. The summed E-state index contributed by atoms with van der Waals surface area (Å²) in [5, 5.41) is 10.4. The summed E-state index contributed by atoms with van der Waals surface area (Å²) in [4.78, 5) is 28.1. The number of hydrogen-bond acceptors (Lipinski definition) is 3. The lowest BCUT2D eigenvalue weighted by Crippen LogP contribution is -2.57. The van der Waals surface area contributed by atoms with Crippen LogP contribution in [0.4, 0.5) is 0 Å². The van der Waals surface area contributed by atoms with Gasteiger partial charge in [0.25, 0.3) is 0 Å². The summed E-state index contributed by atoms with van der Waals surface area (Å²) in [7, 11) is 0. The van der Waals surface area contributed by atoms with E-state index in [1.54, 1.807) is 20.8 Å². The molecule has 5 nitrogen and oxygen atoms in total. The van der Waals surface area contributed by atoms with Gasteiger partial charge in [-0.05, 0) is 33.6 Å². The molecule has 5 heteroatoms. The van der Waals surface area contributed by atoms with Gasteiger partial charge in [-0.2, -0.15) is 0 Å². The third kappa shape index (κ3) is 3.19. The van der Waals surface area contributed by atoms with Crippen molar-refractivity contribution in [1.29, 1.82) is 0 Å². The van der Waals surface area contributed by atoms with Crippen molar-refractivity contribution in [3.8, 4) is 0 Å². The van der Waals surface area contributed by atoms with E-state index in [1.165, 1.54) is 0 Å². The zero-order valence-electron chi connectivity index (χ0n) is 10.7. The van der Waals surface area contributed by atoms with Crippen LogP contribution < -0.4 is 0 Å². The van der Waals surface area contributed by atoms with Crippen LogP contribution in [0.3, 0.4) is 0 Å². The zero-order valence-corrected chi connectivity index (χ0v) is 10.7. The van der Waals surface area contributed by atoms with Crippen LogP contribution in [-0.4, -0.2) is 33.7 Å². The molecule has 98 valence electrons. The highest BCUT2D eigenvalue weighted by Gasteiger charge is 2.47. The Morgan fingerprint density at radius 2 is 1.82 bits per heavy atom. The topological polar surface area (TPSA) is 66.8 Å². The summed E-state index contributed by atoms with van der Waals surface area (Å²) in [5.74, 6) is -0.978. The Labute approximate surface area is 102 Å². The van der Waals surface area contributed by atoms with Crippen LogP contribution >= 0.6 is 0 Å². The van der Waals surface area contributed by atoms with Crippen molar-refractivity contribution in [3.05, 3.63) is 0 Å². The maximum Gasteiger partial charge on any atom is 0.332 e. The molecule has 1 amide bonds. The van der Waals surface area contributed by atoms with Crippen LogP contribution in [-0.2, 0) is 14.4 Å². The largest absolute Gasteiger partial charge is 0.479 e. The van der Waals surface area contributed by atoms with Gasteiger partial charge in [0.1, 0.15) is 0 Å². The molecule has 1 rings (SSSR count). The van der Waals surface area contributed by atoms with E-state index in [4.69, 9.17) is 4.84 Å². The van der Waals surface area contributed by atoms with Crippen molar-refractivity contribution in [2.24, 2.45) is 0 Å². The summed E-state index contributed by atoms with van der Waals surface area (Å²) in [6, 6.07) is 0. The van der Waals surface area contributed by atoms with Gasteiger partial charge < -0.3 is 5.11 Å². The first-order valence-corrected chi connectivity index (χ1v) is 5.99. The maximum atomic E-state index is 11.5. The summed E-state index contributed by atoms with van der Waals surface area (Å²) >= 11 is 0. The second-order valence-electron chi connectivity index (χ2n) is 5.53. The standard InChI is InChI=1S/C12H21NO4/c1-11(2,3)17-13(9-14)12(10(15)16)7-5-4-6-8-12/h9H,4-8H2,1-3H3,(H,15,16). The SMILES string of the molecule is CC(C)(C)ON(C=O)C1(C(=O)O)CCCCC1. The summed E-state index contributed by atoms with van der Waals surface area (Å²) in [5.41, 5.74) is -1.77. The van der Waals surface area contributed by atoms with Gasteiger partial charge in [-0.3, -0.25) is 9.63 Å². The number of carboxylic acids is 1. The molecule has 0 heterocycles. The Kier molecular flexibility index (Phi) is 4.14. The van der Waals surface area contributed by atoms with Crippen molar-refractivity contribution < 1.29 is 19.5 Å². The molecule has 0 spiro atoms. The fraction of sp³-hybridized carbons (Fsp3) is 0.833. The van der Waals surface area contributed by atoms with Gasteiger partial charge in [-0.1, -0.05) is 19.3 Å². The summed E-state index contributed by atoms with van der Waals surface area (Å²) < 4.78 is 0. The van der Waals surface area contributed by atoms with E-state index in [0.29, 0.717) is 19.3 Å². The number of carboxylic acid groups (broad SMARTS) is 1. The molecule has 0 unspecified atom stereocenters. The Morgan fingerprint density at radius 1 is 1.29 bits per heavy atom. The average molecular weight is 243 g/mol. The second-order valence-corrected chi connectivity index (χ2v) is 5.53. The quantitative estimate of drug-likeness (QED) is 0.605. The number of hydroxylamine groups is 2. The summed E-state index contributed by atoms with van der Waals surface area (Å²) in [6.07, 6.45) is 4.03. The lowest BCUT2D eigenvalue weighted by molar-refractivity contribution is -0.261. The van der Waals surface area contributed by atoms with Gasteiger partial charge in [0.2, 0.25) is 6.41 Å². The Bertz CT molecular complexity index is 289. The number of nitrogens with zero attached hydrogens (tertiary/aromatic N) is 1. The highest BCUT2D eigenvalue weighted by atomic mass is 16.7. The van der Waals surface area contributed by atoms with Gasteiger partial charge in [0.05, 0.1) is 5.60 Å². The molecule has 0 saturated heterocycles. The molecule has 0 aromatic carbocycles. The van der Waals surface area contributed by atoms with E-state index in [0.717, 1.165) is 24.3 Å². The van der Waals surface area contributed by atoms with Crippen molar-refractivity contribution >= 4 is 12.4 Å². The van der Waals surface area contributed by atoms with Crippen LogP contribution in [0.5, 0.6) is 0 Å². The molecule has 1 saturated carbocycles. The van der Waals surface area contributed by atoms with E-state index < -0.39 is 17.1 Å². The number of amides is 1. The van der Waals surface area contributed by atoms with Crippen LogP contribution in [0, 0.1) is 0 Å². The van der Waals surface area contributed by atoms with Gasteiger partial charge in [0, 0.05) is 0 Å². The van der Waals surface area contributed by atoms with Crippen molar-refractivity contribution in [2.45, 2.75) is 64.0 Å². The first-order valence-electron chi connectivity index (χ1n) is 5.99. The molecule has 0 aromatic rings. The minimum atomic E-state index is -1.19. The number of rotatable bonds is 4. The molecule has 0 aromatic heterocycles. The second kappa shape index (κ2) is 5.04. The van der Waals surface area contributed by atoms with Gasteiger partial charge in [-0.25, -0.2) is 9.86 Å². The minimum Gasteiger partial charge on any atom is -0.479 e. The summed E-state index contributed by atoms with van der Waals surface area (Å²) in [6.45, 7) is 5.38. The minimum absolute atomic E-state index is 0.456. The molecule has 0 atom stereocenters. The van der Waals surface area contributed by atoms with E-state index in [-0.39, 0.29) is 0 Å². The molecular formula is C12H21NO4. The highest BCUT2D eigenvalue weighted by Crippen LogP contribution is 2.34. The van der Waals surface area contributed by atoms with Crippen LogP contribution in [0.25, 0.3) is 0 Å². The highest BCUT2D eigenvalue weighted by molar-refractivity contribution is 5.81. The normalized spacial score (nSPS) is 19.7. The Hall–Kier alpha value is -1.10. The van der Waals surface area contributed by atoms with Gasteiger partial charge in [0.15, 0.2) is 5.54 Å². The fourth-order valence-electron chi connectivity index (χ4n) is 2.17. The molecular weight excluding hydrogens is 222 g/mol. The van der Waals surface area contributed by atoms with E-state index in [9.17, 15) is 14.7 Å². The van der Waals surface area contributed by atoms with Crippen LogP contribution in [0.15, 0.2) is 0 Å². The molecule has 17 heavy (non-hydrogen) atoms. The monoisotopic (exact) mass is 243 g/mol. The van der Waals surface area contributed by atoms with Gasteiger partial charge in [-0.15, -0.1) is 0 Å². The van der Waals surface area contributed by atoms with Crippen molar-refractivity contribution in [3.63, 3.8) is 0 Å². The maximum absolute atomic E-state index is 11.5. The number of aliphatic carboxylic acids is 1. The van der Waals surface area contributed by atoms with Crippen LogP contribution in [0.1, 0.15) is 52.9 Å². The fourth-order valence-corrected chi connectivity index (χ4v) is 2.17. The first kappa shape index (κ1) is 14.0. The predicted octanol–water partition coefficient (Wildman–Crippen LogP) is 1.96. The first-order chi connectivity index (χ1) is 7.82. The van der Waals surface area contributed by atoms with E-state index in [2.05, 4.69) is 0 Å². The number of hydrogen-bond donors (Lipinski definition) is 1. The predicted molar refractivity (Wildman–Crippen MR) is 62.2 cm³/mol. The number of carbonyl (C=O) groups excluding carboxylic acids is 1. The zero-order chi connectivity index (χ0) is 13.1. The average Bonchev–Trinajstić information content (AvgIpc) is 2.25. The number of carbonyl (C=O) groups is 2. The van der Waals surface area contributed by atoms with E-state index >= 15 is 0 Å². The van der Waals surface area contributed by atoms with Crippen molar-refractivity contribution in [2.75, 3.05) is 0 Å². The third-order valence-electron chi connectivity index (χ3n) is 2.97. The molecule has 1 N–H and O–H groups in total. The lowest BCUT2D eigenvalue weighted by atomic mass is 9.81. The van der Waals surface area contributed by atoms with E-state index in [1.807, 2.05) is 0 Å². The Balaban J connectivity index is 2.94. The lowest BCUT2D eigenvalue weighted by Gasteiger charge is -2.42. The van der Waals surface area contributed by atoms with Crippen molar-refractivity contribution in [1.82, 2.24) is 5.06 Å². The molecule has 1 fully saturated rings. The molecule has 0 radical (unpaired) electrons. The third-order valence-corrected chi connectivity index (χ3v) is 2.97. The molecule has 0 bridgehead atoms.